The summed E-state index contributed by atoms with van der Waals surface area (Å²) in [6.45, 7) is 0.592. The van der Waals surface area contributed by atoms with Gasteiger partial charge in [0, 0.05) is 6.54 Å². The van der Waals surface area contributed by atoms with Crippen LogP contribution in [0.5, 0.6) is 0 Å². The van der Waals surface area contributed by atoms with Gasteiger partial charge < -0.3 is 11.1 Å². The normalized spacial score (nSPS) is 11.7. The average molecular weight is 311 g/mol. The van der Waals surface area contributed by atoms with E-state index in [0.717, 1.165) is 12.0 Å². The van der Waals surface area contributed by atoms with Gasteiger partial charge in [0.1, 0.15) is 6.04 Å². The molecule has 0 fully saturated rings. The van der Waals surface area contributed by atoms with Crippen molar-refractivity contribution < 1.29 is 9.59 Å². The third-order valence-corrected chi connectivity index (χ3v) is 3.46. The zero-order valence-electron chi connectivity index (χ0n) is 12.9. The summed E-state index contributed by atoms with van der Waals surface area (Å²) in [6, 6.07) is 18.4. The Kier molecular flexibility index (Phi) is 6.32. The molecule has 2 aromatic carbocycles. The molecule has 0 bridgehead atoms. The van der Waals surface area contributed by atoms with Crippen molar-refractivity contribution in [1.82, 2.24) is 10.6 Å². The van der Waals surface area contributed by atoms with E-state index >= 15 is 0 Å². The molecule has 4 N–H and O–H groups in total. The smallest absolute Gasteiger partial charge is 0.239 e. The maximum absolute atomic E-state index is 11.9. The van der Waals surface area contributed by atoms with Crippen molar-refractivity contribution in [3.05, 3.63) is 71.8 Å². The van der Waals surface area contributed by atoms with E-state index in [1.54, 1.807) is 12.1 Å². The van der Waals surface area contributed by atoms with E-state index in [-0.39, 0.29) is 12.5 Å². The van der Waals surface area contributed by atoms with Crippen LogP contribution in [0.25, 0.3) is 0 Å². The monoisotopic (exact) mass is 311 g/mol. The summed E-state index contributed by atoms with van der Waals surface area (Å²) in [4.78, 5) is 23.4. The van der Waals surface area contributed by atoms with Crippen molar-refractivity contribution in [1.29, 1.82) is 0 Å². The van der Waals surface area contributed by atoms with E-state index in [1.807, 2.05) is 48.5 Å². The number of nitrogens with one attached hydrogen (secondary N) is 2. The molecule has 0 aromatic heterocycles. The second-order valence-corrected chi connectivity index (χ2v) is 5.21. The molecule has 0 saturated carbocycles. The number of rotatable bonds is 8. The number of nitrogens with two attached hydrogens (primary N) is 1. The first-order chi connectivity index (χ1) is 11.2. The first-order valence-corrected chi connectivity index (χ1v) is 7.55. The predicted octanol–water partition coefficient (Wildman–Crippen LogP) is 1.16. The molecule has 1 atom stereocenters. The Balaban J connectivity index is 1.77. The number of carbonyl (C=O) groups excluding carboxylic acids is 2. The molecule has 2 amide bonds. The van der Waals surface area contributed by atoms with Crippen LogP contribution in [-0.2, 0) is 16.0 Å². The van der Waals surface area contributed by atoms with E-state index in [0.29, 0.717) is 6.54 Å². The van der Waals surface area contributed by atoms with Crippen LogP contribution in [0.3, 0.4) is 0 Å². The van der Waals surface area contributed by atoms with E-state index in [2.05, 4.69) is 10.6 Å². The van der Waals surface area contributed by atoms with Crippen LogP contribution in [0.4, 0.5) is 0 Å². The van der Waals surface area contributed by atoms with Gasteiger partial charge >= 0.3 is 0 Å². The molecule has 0 saturated heterocycles. The van der Waals surface area contributed by atoms with E-state index in [4.69, 9.17) is 5.73 Å². The molecule has 0 spiro atoms. The van der Waals surface area contributed by atoms with E-state index in [1.165, 1.54) is 5.56 Å². The van der Waals surface area contributed by atoms with Crippen LogP contribution >= 0.6 is 0 Å². The Morgan fingerprint density at radius 2 is 1.57 bits per heavy atom. The molecule has 0 radical (unpaired) electrons. The van der Waals surface area contributed by atoms with Crippen LogP contribution in [0.15, 0.2) is 60.7 Å². The molecule has 0 aliphatic heterocycles. The summed E-state index contributed by atoms with van der Waals surface area (Å²) in [5.41, 5.74) is 7.31. The van der Waals surface area contributed by atoms with Gasteiger partial charge in [-0.2, -0.15) is 0 Å². The molecule has 2 aromatic rings. The third kappa shape index (κ3) is 5.56. The molecule has 120 valence electrons. The summed E-state index contributed by atoms with van der Waals surface area (Å²) >= 11 is 0. The summed E-state index contributed by atoms with van der Waals surface area (Å²) < 4.78 is 0. The minimum Gasteiger partial charge on any atom is -0.368 e. The molecule has 0 aliphatic rings. The molecular formula is C18H21N3O2. The molecule has 5 nitrogen and oxygen atoms in total. The van der Waals surface area contributed by atoms with Crippen molar-refractivity contribution in [2.45, 2.75) is 12.5 Å². The van der Waals surface area contributed by atoms with Crippen LogP contribution in [0, 0.1) is 0 Å². The number of hydrogen-bond acceptors (Lipinski definition) is 3. The lowest BCUT2D eigenvalue weighted by Crippen LogP contribution is -2.40. The lowest BCUT2D eigenvalue weighted by atomic mass is 10.1. The lowest BCUT2D eigenvalue weighted by molar-refractivity contribution is -0.121. The standard InChI is InChI=1S/C18H21N3O2/c19-18(23)17(15-9-5-2-6-10-15)21-13-16(22)20-12-11-14-7-3-1-4-8-14/h1-10,17,21H,11-13H2,(H2,19,23)(H,20,22)/t17-/m1/s1. The van der Waals surface area contributed by atoms with E-state index < -0.39 is 11.9 Å². The quantitative estimate of drug-likeness (QED) is 0.684. The van der Waals surface area contributed by atoms with Gasteiger partial charge in [-0.25, -0.2) is 0 Å². The Bertz CT molecular complexity index is 629. The zero-order valence-corrected chi connectivity index (χ0v) is 12.9. The minimum absolute atomic E-state index is 0.0390. The van der Waals surface area contributed by atoms with Gasteiger partial charge in [-0.15, -0.1) is 0 Å². The topological polar surface area (TPSA) is 84.2 Å². The highest BCUT2D eigenvalue weighted by Crippen LogP contribution is 2.11. The Morgan fingerprint density at radius 3 is 2.17 bits per heavy atom. The fourth-order valence-corrected chi connectivity index (χ4v) is 2.28. The fourth-order valence-electron chi connectivity index (χ4n) is 2.28. The predicted molar refractivity (Wildman–Crippen MR) is 89.5 cm³/mol. The van der Waals surface area contributed by atoms with Gasteiger partial charge in [-0.1, -0.05) is 60.7 Å². The van der Waals surface area contributed by atoms with Gasteiger partial charge in [0.2, 0.25) is 11.8 Å². The molecule has 5 heteroatoms. The molecule has 0 unspecified atom stereocenters. The minimum atomic E-state index is -0.670. The molecule has 0 aliphatic carbocycles. The summed E-state index contributed by atoms with van der Waals surface area (Å²) in [7, 11) is 0. The van der Waals surface area contributed by atoms with Gasteiger partial charge in [0.05, 0.1) is 6.54 Å². The molecule has 2 rings (SSSR count). The van der Waals surface area contributed by atoms with Gasteiger partial charge in [-0.05, 0) is 17.5 Å². The third-order valence-electron chi connectivity index (χ3n) is 3.46. The first-order valence-electron chi connectivity index (χ1n) is 7.55. The first kappa shape index (κ1) is 16.7. The number of hydrogen-bond donors (Lipinski definition) is 3. The zero-order chi connectivity index (χ0) is 16.5. The Labute approximate surface area is 135 Å². The summed E-state index contributed by atoms with van der Waals surface area (Å²) in [6.07, 6.45) is 0.768. The second-order valence-electron chi connectivity index (χ2n) is 5.21. The van der Waals surface area contributed by atoms with Crippen molar-refractivity contribution in [2.75, 3.05) is 13.1 Å². The fraction of sp³-hybridized carbons (Fsp3) is 0.222. The number of primary amides is 1. The van der Waals surface area contributed by atoms with Crippen molar-refractivity contribution >= 4 is 11.8 Å². The van der Waals surface area contributed by atoms with Crippen molar-refractivity contribution in [3.8, 4) is 0 Å². The molecular weight excluding hydrogens is 290 g/mol. The van der Waals surface area contributed by atoms with Crippen molar-refractivity contribution in [2.24, 2.45) is 5.73 Å². The lowest BCUT2D eigenvalue weighted by Gasteiger charge is -2.15. The molecule has 0 heterocycles. The highest BCUT2D eigenvalue weighted by atomic mass is 16.2. The largest absolute Gasteiger partial charge is 0.368 e. The SMILES string of the molecule is NC(=O)[C@H](NCC(=O)NCCc1ccccc1)c1ccccc1. The Morgan fingerprint density at radius 1 is 0.957 bits per heavy atom. The van der Waals surface area contributed by atoms with Gasteiger partial charge in [0.15, 0.2) is 0 Å². The highest BCUT2D eigenvalue weighted by molar-refractivity contribution is 5.83. The summed E-state index contributed by atoms with van der Waals surface area (Å²) in [5.74, 6) is -0.670. The Hall–Kier alpha value is -2.66. The second kappa shape index (κ2) is 8.70. The number of amides is 2. The van der Waals surface area contributed by atoms with Crippen LogP contribution in [-0.4, -0.2) is 24.9 Å². The maximum atomic E-state index is 11.9. The number of benzene rings is 2. The maximum Gasteiger partial charge on any atom is 0.239 e. The van der Waals surface area contributed by atoms with Crippen molar-refractivity contribution in [3.63, 3.8) is 0 Å². The number of carbonyl (C=O) groups is 2. The van der Waals surface area contributed by atoms with Crippen LogP contribution in [0.1, 0.15) is 17.2 Å². The van der Waals surface area contributed by atoms with Gasteiger partial charge in [0.25, 0.3) is 0 Å². The van der Waals surface area contributed by atoms with E-state index in [9.17, 15) is 9.59 Å². The van der Waals surface area contributed by atoms with Crippen LogP contribution < -0.4 is 16.4 Å². The van der Waals surface area contributed by atoms with Gasteiger partial charge in [-0.3, -0.25) is 14.9 Å². The summed E-state index contributed by atoms with van der Waals surface area (Å²) in [5, 5.41) is 5.72. The van der Waals surface area contributed by atoms with Crippen LogP contribution in [0.2, 0.25) is 0 Å². The highest BCUT2D eigenvalue weighted by Gasteiger charge is 2.17. The molecule has 23 heavy (non-hydrogen) atoms. The average Bonchev–Trinajstić information content (AvgIpc) is 2.57.